The number of hydrogen-bond acceptors (Lipinski definition) is 1. The molecule has 18 heavy (non-hydrogen) atoms. The van der Waals surface area contributed by atoms with Crippen LogP contribution in [0.15, 0.2) is 41.3 Å². The minimum atomic E-state index is -4.38. The van der Waals surface area contributed by atoms with E-state index in [1.165, 1.54) is 6.08 Å². The quantitative estimate of drug-likeness (QED) is 0.739. The van der Waals surface area contributed by atoms with E-state index < -0.39 is 11.7 Å². The van der Waals surface area contributed by atoms with Crippen molar-refractivity contribution in [3.8, 4) is 11.3 Å². The molecule has 0 aliphatic rings. The third-order valence-corrected chi connectivity index (χ3v) is 2.54. The van der Waals surface area contributed by atoms with E-state index in [4.69, 9.17) is 4.42 Å². The van der Waals surface area contributed by atoms with Gasteiger partial charge in [-0.3, -0.25) is 0 Å². The molecule has 94 valence electrons. The molecule has 0 atom stereocenters. The molecule has 0 amide bonds. The summed E-state index contributed by atoms with van der Waals surface area (Å²) < 4.78 is 43.6. The van der Waals surface area contributed by atoms with Gasteiger partial charge in [-0.2, -0.15) is 13.2 Å². The van der Waals surface area contributed by atoms with Crippen LogP contribution in [0.2, 0.25) is 0 Å². The smallest absolute Gasteiger partial charge is 0.416 e. The summed E-state index contributed by atoms with van der Waals surface area (Å²) in [6.45, 7) is 5.24. The molecule has 1 nitrogen and oxygen atoms in total. The number of alkyl halides is 3. The summed E-state index contributed by atoms with van der Waals surface area (Å²) in [5.74, 6) is 1.07. The van der Waals surface area contributed by atoms with Crippen molar-refractivity contribution in [3.63, 3.8) is 0 Å². The van der Waals surface area contributed by atoms with E-state index >= 15 is 0 Å². The van der Waals surface area contributed by atoms with Crippen LogP contribution < -0.4 is 0 Å². The molecule has 0 saturated carbocycles. The highest BCUT2D eigenvalue weighted by Crippen LogP contribution is 2.34. The predicted octanol–water partition coefficient (Wildman–Crippen LogP) is 4.92. The maximum atomic E-state index is 12.7. The van der Waals surface area contributed by atoms with E-state index in [1.54, 1.807) is 25.1 Å². The Morgan fingerprint density at radius 3 is 2.39 bits per heavy atom. The van der Waals surface area contributed by atoms with Crippen molar-refractivity contribution < 1.29 is 17.6 Å². The summed E-state index contributed by atoms with van der Waals surface area (Å²) in [5, 5.41) is 0. The van der Waals surface area contributed by atoms with Crippen molar-refractivity contribution in [2.24, 2.45) is 0 Å². The topological polar surface area (TPSA) is 13.1 Å². The molecule has 1 aromatic heterocycles. The van der Waals surface area contributed by atoms with Crippen LogP contribution >= 0.6 is 0 Å². The first-order chi connectivity index (χ1) is 8.40. The summed E-state index contributed by atoms with van der Waals surface area (Å²) in [6, 6.07) is 7.11. The van der Waals surface area contributed by atoms with Crippen molar-refractivity contribution in [2.45, 2.75) is 13.1 Å². The average molecular weight is 252 g/mol. The number of hydrogen-bond donors (Lipinski definition) is 0. The highest BCUT2D eigenvalue weighted by molar-refractivity contribution is 5.65. The molecule has 0 radical (unpaired) electrons. The zero-order valence-electron chi connectivity index (χ0n) is 9.71. The molecular formula is C14H11F3O. The Hall–Kier alpha value is -1.97. The van der Waals surface area contributed by atoms with Gasteiger partial charge < -0.3 is 4.42 Å². The van der Waals surface area contributed by atoms with Gasteiger partial charge in [-0.25, -0.2) is 0 Å². The zero-order valence-corrected chi connectivity index (χ0v) is 9.71. The van der Waals surface area contributed by atoms with Gasteiger partial charge in [0.25, 0.3) is 0 Å². The molecule has 0 N–H and O–H groups in total. The fraction of sp³-hybridized carbons (Fsp3) is 0.143. The van der Waals surface area contributed by atoms with Gasteiger partial charge in [0.05, 0.1) is 5.56 Å². The Balaban J connectivity index is 2.57. The van der Waals surface area contributed by atoms with Gasteiger partial charge in [0.2, 0.25) is 0 Å². The van der Waals surface area contributed by atoms with E-state index in [0.717, 1.165) is 12.1 Å². The second-order valence-electron chi connectivity index (χ2n) is 3.96. The molecule has 0 aliphatic heterocycles. The van der Waals surface area contributed by atoms with Crippen molar-refractivity contribution in [1.82, 2.24) is 0 Å². The largest absolute Gasteiger partial charge is 0.461 e. The van der Waals surface area contributed by atoms with Crippen LogP contribution in [0.5, 0.6) is 0 Å². The van der Waals surface area contributed by atoms with E-state index in [2.05, 4.69) is 6.58 Å². The standard InChI is InChI=1S/C14H11F3O/c1-3-10-6-11(13-5-4-9(2)18-13)8-12(7-10)14(15,16)17/h3-8H,1H2,2H3. The van der Waals surface area contributed by atoms with Crippen molar-refractivity contribution in [1.29, 1.82) is 0 Å². The Labute approximate surface area is 103 Å². The van der Waals surface area contributed by atoms with Gasteiger partial charge >= 0.3 is 6.18 Å². The summed E-state index contributed by atoms with van der Waals surface area (Å²) in [4.78, 5) is 0. The summed E-state index contributed by atoms with van der Waals surface area (Å²) in [6.07, 6.45) is -3.00. The maximum absolute atomic E-state index is 12.7. The van der Waals surface area contributed by atoms with E-state index in [-0.39, 0.29) is 0 Å². The lowest BCUT2D eigenvalue weighted by molar-refractivity contribution is -0.137. The second kappa shape index (κ2) is 4.37. The number of benzene rings is 1. The maximum Gasteiger partial charge on any atom is 0.416 e. The molecule has 2 aromatic rings. The molecule has 1 heterocycles. The Morgan fingerprint density at radius 1 is 1.17 bits per heavy atom. The van der Waals surface area contributed by atoms with Crippen LogP contribution in [0, 0.1) is 6.92 Å². The Kier molecular flexibility index (Phi) is 3.03. The zero-order chi connectivity index (χ0) is 13.3. The predicted molar refractivity (Wildman–Crippen MR) is 64.0 cm³/mol. The molecular weight excluding hydrogens is 241 g/mol. The fourth-order valence-corrected chi connectivity index (χ4v) is 1.67. The average Bonchev–Trinajstić information content (AvgIpc) is 2.74. The van der Waals surface area contributed by atoms with E-state index in [1.807, 2.05) is 0 Å². The first kappa shape index (κ1) is 12.5. The Morgan fingerprint density at radius 2 is 1.89 bits per heavy atom. The first-order valence-corrected chi connectivity index (χ1v) is 5.31. The van der Waals surface area contributed by atoms with Gasteiger partial charge in [-0.05, 0) is 42.8 Å². The minimum absolute atomic E-state index is 0.396. The van der Waals surface area contributed by atoms with E-state index in [9.17, 15) is 13.2 Å². The second-order valence-corrected chi connectivity index (χ2v) is 3.96. The van der Waals surface area contributed by atoms with E-state index in [0.29, 0.717) is 22.6 Å². The number of furan rings is 1. The third kappa shape index (κ3) is 2.47. The number of halogens is 3. The molecule has 2 rings (SSSR count). The lowest BCUT2D eigenvalue weighted by atomic mass is 10.0. The van der Waals surface area contributed by atoms with Gasteiger partial charge in [-0.15, -0.1) is 0 Å². The lowest BCUT2D eigenvalue weighted by Crippen LogP contribution is -2.05. The normalized spacial score (nSPS) is 11.6. The third-order valence-electron chi connectivity index (χ3n) is 2.54. The molecule has 0 fully saturated rings. The van der Waals surface area contributed by atoms with Crippen LogP contribution in [0.3, 0.4) is 0 Å². The fourth-order valence-electron chi connectivity index (χ4n) is 1.67. The van der Waals surface area contributed by atoms with Crippen LogP contribution in [-0.4, -0.2) is 0 Å². The summed E-state index contributed by atoms with van der Waals surface area (Å²) in [7, 11) is 0. The van der Waals surface area contributed by atoms with Crippen LogP contribution in [0.1, 0.15) is 16.9 Å². The van der Waals surface area contributed by atoms with Crippen LogP contribution in [-0.2, 0) is 6.18 Å². The Bertz CT molecular complexity index is 579. The summed E-state index contributed by atoms with van der Waals surface area (Å²) in [5.41, 5.74) is 0.102. The van der Waals surface area contributed by atoms with Gasteiger partial charge in [0.1, 0.15) is 11.5 Å². The molecule has 1 aromatic carbocycles. The molecule has 0 spiro atoms. The molecule has 0 saturated heterocycles. The monoisotopic (exact) mass is 252 g/mol. The van der Waals surface area contributed by atoms with Crippen molar-refractivity contribution in [3.05, 3.63) is 53.8 Å². The van der Waals surface area contributed by atoms with Gasteiger partial charge in [-0.1, -0.05) is 12.7 Å². The van der Waals surface area contributed by atoms with Crippen LogP contribution in [0.25, 0.3) is 17.4 Å². The van der Waals surface area contributed by atoms with Crippen molar-refractivity contribution in [2.75, 3.05) is 0 Å². The molecule has 4 heteroatoms. The first-order valence-electron chi connectivity index (χ1n) is 5.31. The van der Waals surface area contributed by atoms with Crippen LogP contribution in [0.4, 0.5) is 13.2 Å². The summed E-state index contributed by atoms with van der Waals surface area (Å²) >= 11 is 0. The molecule has 0 unspecified atom stereocenters. The van der Waals surface area contributed by atoms with Crippen molar-refractivity contribution >= 4 is 6.08 Å². The van der Waals surface area contributed by atoms with Gasteiger partial charge in [0, 0.05) is 5.56 Å². The van der Waals surface area contributed by atoms with Gasteiger partial charge in [0.15, 0.2) is 0 Å². The highest BCUT2D eigenvalue weighted by atomic mass is 19.4. The number of aryl methyl sites for hydroxylation is 1. The number of rotatable bonds is 2. The lowest BCUT2D eigenvalue weighted by Gasteiger charge is -2.09. The molecule has 0 aliphatic carbocycles. The minimum Gasteiger partial charge on any atom is -0.461 e. The highest BCUT2D eigenvalue weighted by Gasteiger charge is 2.31. The SMILES string of the molecule is C=Cc1cc(-c2ccc(C)o2)cc(C(F)(F)F)c1. The molecule has 0 bridgehead atoms.